The van der Waals surface area contributed by atoms with E-state index in [-0.39, 0.29) is 0 Å². The third-order valence-electron chi connectivity index (χ3n) is 2.96. The molecule has 0 saturated heterocycles. The summed E-state index contributed by atoms with van der Waals surface area (Å²) in [5, 5.41) is 0. The van der Waals surface area contributed by atoms with Crippen molar-refractivity contribution >= 4 is 5.82 Å². The first kappa shape index (κ1) is 9.33. The molecule has 1 aliphatic rings. The van der Waals surface area contributed by atoms with E-state index in [9.17, 15) is 0 Å². The zero-order valence-electron chi connectivity index (χ0n) is 8.93. The molecule has 0 radical (unpaired) electrons. The van der Waals surface area contributed by atoms with Gasteiger partial charge in [0.05, 0.1) is 5.69 Å². The number of aryl methyl sites for hydroxylation is 1. The lowest BCUT2D eigenvalue weighted by Gasteiger charge is -2.13. The number of nitrogens with zero attached hydrogens (tertiary/aromatic N) is 4. The number of aromatic nitrogens is 4. The minimum Gasteiger partial charge on any atom is -0.381 e. The van der Waals surface area contributed by atoms with Crippen LogP contribution in [0.5, 0.6) is 0 Å². The van der Waals surface area contributed by atoms with E-state index in [1.807, 2.05) is 4.57 Å². The van der Waals surface area contributed by atoms with Gasteiger partial charge in [-0.05, 0) is 25.7 Å². The summed E-state index contributed by atoms with van der Waals surface area (Å²) in [6.07, 6.45) is 9.59. The predicted octanol–water partition coefficient (Wildman–Crippen LogP) is 1.12. The molecule has 2 N–H and O–H groups in total. The van der Waals surface area contributed by atoms with Gasteiger partial charge in [-0.15, -0.1) is 0 Å². The maximum Gasteiger partial charge on any atom is 0.181 e. The standard InChI is InChI=1S/C11H13N5/c12-10-11(14-6-5-13-10)16-7-15-8-3-1-2-4-9(8)16/h5-7H,1-4H2,(H2,12,13). The Labute approximate surface area is 93.4 Å². The summed E-state index contributed by atoms with van der Waals surface area (Å²) in [4.78, 5) is 12.7. The summed E-state index contributed by atoms with van der Waals surface area (Å²) in [5.74, 6) is 1.14. The van der Waals surface area contributed by atoms with Gasteiger partial charge in [0, 0.05) is 18.1 Å². The summed E-state index contributed by atoms with van der Waals surface area (Å²) in [6, 6.07) is 0. The van der Waals surface area contributed by atoms with Crippen LogP contribution < -0.4 is 5.73 Å². The highest BCUT2D eigenvalue weighted by Gasteiger charge is 2.17. The molecule has 2 heterocycles. The molecule has 0 saturated carbocycles. The van der Waals surface area contributed by atoms with Crippen LogP contribution in [0, 0.1) is 0 Å². The topological polar surface area (TPSA) is 69.6 Å². The van der Waals surface area contributed by atoms with Gasteiger partial charge in [-0.3, -0.25) is 4.57 Å². The van der Waals surface area contributed by atoms with Crippen molar-refractivity contribution in [2.45, 2.75) is 25.7 Å². The Balaban J connectivity index is 2.13. The maximum absolute atomic E-state index is 5.82. The second kappa shape index (κ2) is 3.59. The molecule has 0 aromatic carbocycles. The second-order valence-electron chi connectivity index (χ2n) is 3.98. The van der Waals surface area contributed by atoms with Crippen LogP contribution in [0.1, 0.15) is 24.2 Å². The van der Waals surface area contributed by atoms with Crippen molar-refractivity contribution < 1.29 is 0 Å². The van der Waals surface area contributed by atoms with E-state index in [4.69, 9.17) is 5.73 Å². The Morgan fingerprint density at radius 1 is 1.06 bits per heavy atom. The van der Waals surface area contributed by atoms with E-state index >= 15 is 0 Å². The average Bonchev–Trinajstić information content (AvgIpc) is 2.74. The van der Waals surface area contributed by atoms with Gasteiger partial charge in [0.1, 0.15) is 6.33 Å². The SMILES string of the molecule is Nc1nccnc1-n1cnc2c1CCCC2. The van der Waals surface area contributed by atoms with Gasteiger partial charge in [0.2, 0.25) is 0 Å². The number of hydrogen-bond acceptors (Lipinski definition) is 4. The smallest absolute Gasteiger partial charge is 0.181 e. The Bertz CT molecular complexity index is 517. The van der Waals surface area contributed by atoms with Gasteiger partial charge in [-0.1, -0.05) is 0 Å². The van der Waals surface area contributed by atoms with Crippen LogP contribution in [0.4, 0.5) is 5.82 Å². The Hall–Kier alpha value is -1.91. The minimum atomic E-state index is 0.452. The van der Waals surface area contributed by atoms with Crippen LogP contribution in [-0.4, -0.2) is 19.5 Å². The van der Waals surface area contributed by atoms with Crippen molar-refractivity contribution in [3.63, 3.8) is 0 Å². The molecule has 1 aliphatic carbocycles. The van der Waals surface area contributed by atoms with Crippen LogP contribution in [-0.2, 0) is 12.8 Å². The highest BCUT2D eigenvalue weighted by Crippen LogP contribution is 2.23. The number of hydrogen-bond donors (Lipinski definition) is 1. The molecule has 82 valence electrons. The quantitative estimate of drug-likeness (QED) is 0.774. The molecule has 0 fully saturated rings. The summed E-state index contributed by atoms with van der Waals surface area (Å²) in [5.41, 5.74) is 8.23. The molecular weight excluding hydrogens is 202 g/mol. The fourth-order valence-corrected chi connectivity index (χ4v) is 2.18. The van der Waals surface area contributed by atoms with Gasteiger partial charge in [0.25, 0.3) is 0 Å². The first-order valence-electron chi connectivity index (χ1n) is 5.48. The number of nitrogen functional groups attached to an aromatic ring is 1. The maximum atomic E-state index is 5.82. The van der Waals surface area contributed by atoms with Gasteiger partial charge in [0.15, 0.2) is 11.6 Å². The molecule has 5 nitrogen and oxygen atoms in total. The third kappa shape index (κ3) is 1.36. The van der Waals surface area contributed by atoms with E-state index in [2.05, 4.69) is 15.0 Å². The molecule has 2 aromatic heterocycles. The number of anilines is 1. The molecule has 0 unspecified atom stereocenters. The van der Waals surface area contributed by atoms with Crippen molar-refractivity contribution in [1.29, 1.82) is 0 Å². The Morgan fingerprint density at radius 2 is 1.88 bits per heavy atom. The monoisotopic (exact) mass is 215 g/mol. The lowest BCUT2D eigenvalue weighted by atomic mass is 10.0. The molecule has 16 heavy (non-hydrogen) atoms. The van der Waals surface area contributed by atoms with Crippen molar-refractivity contribution in [1.82, 2.24) is 19.5 Å². The van der Waals surface area contributed by atoms with Crippen molar-refractivity contribution in [3.8, 4) is 5.82 Å². The number of fused-ring (bicyclic) bond motifs is 1. The van der Waals surface area contributed by atoms with E-state index in [0.29, 0.717) is 11.6 Å². The third-order valence-corrected chi connectivity index (χ3v) is 2.96. The molecule has 0 amide bonds. The first-order valence-corrected chi connectivity index (χ1v) is 5.48. The number of imidazole rings is 1. The highest BCUT2D eigenvalue weighted by molar-refractivity contribution is 5.47. The minimum absolute atomic E-state index is 0.452. The second-order valence-corrected chi connectivity index (χ2v) is 3.98. The fourth-order valence-electron chi connectivity index (χ4n) is 2.18. The van der Waals surface area contributed by atoms with Crippen LogP contribution in [0.3, 0.4) is 0 Å². The molecule has 2 aromatic rings. The van der Waals surface area contributed by atoms with E-state index < -0.39 is 0 Å². The zero-order chi connectivity index (χ0) is 11.0. The molecule has 5 heteroatoms. The lowest BCUT2D eigenvalue weighted by molar-refractivity contribution is 0.654. The van der Waals surface area contributed by atoms with E-state index in [1.54, 1.807) is 18.7 Å². The van der Waals surface area contributed by atoms with Gasteiger partial charge < -0.3 is 5.73 Å². The fraction of sp³-hybridized carbons (Fsp3) is 0.364. The summed E-state index contributed by atoms with van der Waals surface area (Å²) in [7, 11) is 0. The van der Waals surface area contributed by atoms with Crippen LogP contribution in [0.25, 0.3) is 5.82 Å². The van der Waals surface area contributed by atoms with Crippen LogP contribution in [0.15, 0.2) is 18.7 Å². The van der Waals surface area contributed by atoms with Crippen molar-refractivity contribution in [3.05, 3.63) is 30.1 Å². The summed E-state index contributed by atoms with van der Waals surface area (Å²) >= 11 is 0. The van der Waals surface area contributed by atoms with Crippen molar-refractivity contribution in [2.24, 2.45) is 0 Å². The summed E-state index contributed by atoms with van der Waals surface area (Å²) in [6.45, 7) is 0. The number of nitrogens with two attached hydrogens (primary N) is 1. The highest BCUT2D eigenvalue weighted by atomic mass is 15.1. The van der Waals surface area contributed by atoms with E-state index in [0.717, 1.165) is 12.8 Å². The van der Waals surface area contributed by atoms with E-state index in [1.165, 1.54) is 24.2 Å². The van der Waals surface area contributed by atoms with Gasteiger partial charge in [-0.25, -0.2) is 15.0 Å². The molecule has 0 spiro atoms. The largest absolute Gasteiger partial charge is 0.381 e. The van der Waals surface area contributed by atoms with Gasteiger partial charge >= 0.3 is 0 Å². The summed E-state index contributed by atoms with van der Waals surface area (Å²) < 4.78 is 1.97. The Kier molecular flexibility index (Phi) is 2.09. The number of rotatable bonds is 1. The van der Waals surface area contributed by atoms with Gasteiger partial charge in [-0.2, -0.15) is 0 Å². The normalized spacial score (nSPS) is 14.8. The molecule has 0 bridgehead atoms. The first-order chi connectivity index (χ1) is 7.86. The zero-order valence-corrected chi connectivity index (χ0v) is 8.93. The average molecular weight is 215 g/mol. The Morgan fingerprint density at radius 3 is 2.75 bits per heavy atom. The van der Waals surface area contributed by atoms with Crippen molar-refractivity contribution in [2.75, 3.05) is 5.73 Å². The predicted molar refractivity (Wildman–Crippen MR) is 60.2 cm³/mol. The lowest BCUT2D eigenvalue weighted by Crippen LogP contribution is -2.10. The van der Waals surface area contributed by atoms with Crippen LogP contribution >= 0.6 is 0 Å². The molecule has 3 rings (SSSR count). The van der Waals surface area contributed by atoms with Crippen LogP contribution in [0.2, 0.25) is 0 Å². The molecule has 0 atom stereocenters. The molecule has 0 aliphatic heterocycles. The molecular formula is C11H13N5.